The summed E-state index contributed by atoms with van der Waals surface area (Å²) in [7, 11) is 1.80. The van der Waals surface area contributed by atoms with Crippen LogP contribution in [0.15, 0.2) is 65.8 Å². The molecule has 0 bridgehead atoms. The Kier molecular flexibility index (Phi) is 5.74. The molecule has 6 nitrogen and oxygen atoms in total. The van der Waals surface area contributed by atoms with Gasteiger partial charge >= 0.3 is 0 Å². The standard InChI is InChI=1S/C22H25FN6/c1-24-22(26-16-21-25-15-20(27-21)17-5-3-2-4-6-17)29-13-11-28(12-14-29)19-9-7-18(23)8-10-19/h2-10,15H,11-14,16H2,1H3,(H,24,26)(H,25,27). The van der Waals surface area contributed by atoms with Gasteiger partial charge in [-0.2, -0.15) is 0 Å². The van der Waals surface area contributed by atoms with Crippen LogP contribution >= 0.6 is 0 Å². The Labute approximate surface area is 170 Å². The Hall–Kier alpha value is -3.35. The molecule has 0 saturated carbocycles. The second-order valence-corrected chi connectivity index (χ2v) is 6.96. The molecule has 2 heterocycles. The van der Waals surface area contributed by atoms with Crippen LogP contribution in [0.25, 0.3) is 11.3 Å². The number of guanidine groups is 1. The molecule has 1 aliphatic rings. The lowest BCUT2D eigenvalue weighted by atomic mass is 10.2. The lowest BCUT2D eigenvalue weighted by molar-refractivity contribution is 0.372. The molecular formula is C22H25FN6. The smallest absolute Gasteiger partial charge is 0.194 e. The van der Waals surface area contributed by atoms with Crippen LogP contribution in [-0.4, -0.2) is 54.1 Å². The van der Waals surface area contributed by atoms with Gasteiger partial charge in [0.25, 0.3) is 0 Å². The number of rotatable bonds is 4. The molecule has 2 aromatic carbocycles. The van der Waals surface area contributed by atoms with Crippen LogP contribution in [0, 0.1) is 5.82 Å². The Morgan fingerprint density at radius 2 is 1.79 bits per heavy atom. The molecule has 4 rings (SSSR count). The second-order valence-electron chi connectivity index (χ2n) is 6.96. The monoisotopic (exact) mass is 392 g/mol. The predicted octanol–water partition coefficient (Wildman–Crippen LogP) is 3.11. The first kappa shape index (κ1) is 19.0. The fourth-order valence-electron chi connectivity index (χ4n) is 3.54. The minimum absolute atomic E-state index is 0.203. The minimum Gasteiger partial charge on any atom is -0.368 e. The molecule has 0 aliphatic carbocycles. The molecule has 1 fully saturated rings. The molecule has 7 heteroatoms. The third-order valence-corrected chi connectivity index (χ3v) is 5.11. The number of piperazine rings is 1. The lowest BCUT2D eigenvalue weighted by Gasteiger charge is -2.37. The fraction of sp³-hybridized carbons (Fsp3) is 0.273. The van der Waals surface area contributed by atoms with E-state index in [1.54, 1.807) is 7.05 Å². The number of aromatic amines is 1. The number of aromatic nitrogens is 2. The first-order chi connectivity index (χ1) is 14.2. The number of halogens is 1. The number of H-pyrrole nitrogens is 1. The van der Waals surface area contributed by atoms with Crippen molar-refractivity contribution in [3.05, 3.63) is 72.4 Å². The first-order valence-corrected chi connectivity index (χ1v) is 9.78. The summed E-state index contributed by atoms with van der Waals surface area (Å²) in [5.74, 6) is 1.53. The summed E-state index contributed by atoms with van der Waals surface area (Å²) in [5, 5.41) is 3.40. The van der Waals surface area contributed by atoms with E-state index in [-0.39, 0.29) is 5.82 Å². The minimum atomic E-state index is -0.203. The summed E-state index contributed by atoms with van der Waals surface area (Å²) >= 11 is 0. The van der Waals surface area contributed by atoms with Crippen molar-refractivity contribution in [3.63, 3.8) is 0 Å². The first-order valence-electron chi connectivity index (χ1n) is 9.78. The van der Waals surface area contributed by atoms with Gasteiger partial charge < -0.3 is 20.1 Å². The number of anilines is 1. The molecule has 0 radical (unpaired) electrons. The molecule has 1 saturated heterocycles. The van der Waals surface area contributed by atoms with E-state index in [1.807, 2.05) is 36.5 Å². The maximum Gasteiger partial charge on any atom is 0.194 e. The molecular weight excluding hydrogens is 367 g/mol. The molecule has 1 aliphatic heterocycles. The van der Waals surface area contributed by atoms with Crippen molar-refractivity contribution in [1.82, 2.24) is 20.2 Å². The lowest BCUT2D eigenvalue weighted by Crippen LogP contribution is -2.52. The van der Waals surface area contributed by atoms with Crippen molar-refractivity contribution in [2.24, 2.45) is 4.99 Å². The topological polar surface area (TPSA) is 59.6 Å². The van der Waals surface area contributed by atoms with Gasteiger partial charge in [0.2, 0.25) is 0 Å². The van der Waals surface area contributed by atoms with E-state index in [0.717, 1.165) is 54.9 Å². The zero-order valence-electron chi connectivity index (χ0n) is 16.5. The van der Waals surface area contributed by atoms with Crippen LogP contribution in [0.3, 0.4) is 0 Å². The summed E-state index contributed by atoms with van der Waals surface area (Å²) in [6.07, 6.45) is 1.86. The summed E-state index contributed by atoms with van der Waals surface area (Å²) < 4.78 is 13.1. The van der Waals surface area contributed by atoms with Gasteiger partial charge in [-0.15, -0.1) is 0 Å². The molecule has 0 unspecified atom stereocenters. The third-order valence-electron chi connectivity index (χ3n) is 5.11. The van der Waals surface area contributed by atoms with E-state index in [2.05, 4.69) is 42.2 Å². The van der Waals surface area contributed by atoms with Crippen LogP contribution < -0.4 is 10.2 Å². The summed E-state index contributed by atoms with van der Waals surface area (Å²) in [4.78, 5) is 16.8. The normalized spacial score (nSPS) is 14.9. The number of hydrogen-bond acceptors (Lipinski definition) is 3. The van der Waals surface area contributed by atoms with Crippen molar-refractivity contribution in [2.45, 2.75) is 6.54 Å². The average Bonchev–Trinajstić information content (AvgIpc) is 3.25. The quantitative estimate of drug-likeness (QED) is 0.529. The number of imidazole rings is 1. The van der Waals surface area contributed by atoms with Gasteiger partial charge in [0, 0.05) is 38.9 Å². The number of hydrogen-bond donors (Lipinski definition) is 2. The largest absolute Gasteiger partial charge is 0.368 e. The Bertz CT molecular complexity index is 943. The number of aliphatic imine (C=N–C) groups is 1. The second kappa shape index (κ2) is 8.77. The van der Waals surface area contributed by atoms with E-state index in [4.69, 9.17) is 0 Å². The highest BCUT2D eigenvalue weighted by Gasteiger charge is 2.20. The summed E-state index contributed by atoms with van der Waals surface area (Å²) in [6.45, 7) is 4.02. The zero-order valence-corrected chi connectivity index (χ0v) is 16.5. The van der Waals surface area contributed by atoms with E-state index < -0.39 is 0 Å². The molecule has 0 atom stereocenters. The molecule has 29 heavy (non-hydrogen) atoms. The van der Waals surface area contributed by atoms with Crippen LogP contribution in [0.5, 0.6) is 0 Å². The van der Waals surface area contributed by atoms with Crippen molar-refractivity contribution in [2.75, 3.05) is 38.1 Å². The van der Waals surface area contributed by atoms with Gasteiger partial charge in [-0.05, 0) is 29.8 Å². The zero-order chi connectivity index (χ0) is 20.1. The number of nitrogens with one attached hydrogen (secondary N) is 2. The maximum absolute atomic E-state index is 13.1. The number of benzene rings is 2. The van der Waals surface area contributed by atoms with Crippen molar-refractivity contribution in [1.29, 1.82) is 0 Å². The summed E-state index contributed by atoms with van der Waals surface area (Å²) in [6, 6.07) is 16.8. The maximum atomic E-state index is 13.1. The van der Waals surface area contributed by atoms with Crippen molar-refractivity contribution < 1.29 is 4.39 Å². The van der Waals surface area contributed by atoms with E-state index in [0.29, 0.717) is 6.54 Å². The van der Waals surface area contributed by atoms with Crippen LogP contribution in [0.1, 0.15) is 5.82 Å². The van der Waals surface area contributed by atoms with E-state index >= 15 is 0 Å². The Morgan fingerprint density at radius 1 is 1.07 bits per heavy atom. The highest BCUT2D eigenvalue weighted by Crippen LogP contribution is 2.18. The predicted molar refractivity (Wildman–Crippen MR) is 114 cm³/mol. The SMILES string of the molecule is CN=C(NCc1ncc(-c2ccccc2)[nH]1)N1CCN(c2ccc(F)cc2)CC1. The average molecular weight is 392 g/mol. The molecule has 0 amide bonds. The van der Waals surface area contributed by atoms with Crippen molar-refractivity contribution in [3.8, 4) is 11.3 Å². The molecule has 2 N–H and O–H groups in total. The molecule has 150 valence electrons. The highest BCUT2D eigenvalue weighted by molar-refractivity contribution is 5.80. The van der Waals surface area contributed by atoms with Gasteiger partial charge in [0.1, 0.15) is 11.6 Å². The van der Waals surface area contributed by atoms with Crippen molar-refractivity contribution >= 4 is 11.6 Å². The van der Waals surface area contributed by atoms with Crippen LogP contribution in [0.4, 0.5) is 10.1 Å². The third kappa shape index (κ3) is 4.56. The van der Waals surface area contributed by atoms with Crippen LogP contribution in [0.2, 0.25) is 0 Å². The van der Waals surface area contributed by atoms with Gasteiger partial charge in [-0.1, -0.05) is 30.3 Å². The fourth-order valence-corrected chi connectivity index (χ4v) is 3.54. The van der Waals surface area contributed by atoms with Gasteiger partial charge in [-0.3, -0.25) is 4.99 Å². The Balaban J connectivity index is 1.31. The van der Waals surface area contributed by atoms with Gasteiger partial charge in [0.05, 0.1) is 18.4 Å². The van der Waals surface area contributed by atoms with E-state index in [1.165, 1.54) is 12.1 Å². The number of nitrogens with zero attached hydrogens (tertiary/aromatic N) is 4. The molecule has 0 spiro atoms. The van der Waals surface area contributed by atoms with Crippen LogP contribution in [-0.2, 0) is 6.54 Å². The summed E-state index contributed by atoms with van der Waals surface area (Å²) in [5.41, 5.74) is 3.18. The molecule has 1 aromatic heterocycles. The van der Waals surface area contributed by atoms with Gasteiger partial charge in [-0.25, -0.2) is 9.37 Å². The molecule has 3 aromatic rings. The highest BCUT2D eigenvalue weighted by atomic mass is 19.1. The van der Waals surface area contributed by atoms with E-state index in [9.17, 15) is 4.39 Å². The Morgan fingerprint density at radius 3 is 2.48 bits per heavy atom. The van der Waals surface area contributed by atoms with Gasteiger partial charge in [0.15, 0.2) is 5.96 Å².